The van der Waals surface area contributed by atoms with Gasteiger partial charge in [-0.05, 0) is 23.8 Å². The second-order valence-corrected chi connectivity index (χ2v) is 5.08. The van der Waals surface area contributed by atoms with Crippen LogP contribution in [0.3, 0.4) is 0 Å². The molecule has 0 amide bonds. The number of nitrogen functional groups attached to an aromatic ring is 1. The van der Waals surface area contributed by atoms with Gasteiger partial charge in [-0.25, -0.2) is 9.37 Å². The lowest BCUT2D eigenvalue weighted by atomic mass is 10.1. The van der Waals surface area contributed by atoms with Crippen LogP contribution >= 0.6 is 11.3 Å². The van der Waals surface area contributed by atoms with Crippen LogP contribution in [0.4, 0.5) is 10.2 Å². The number of hydrogen-bond acceptors (Lipinski definition) is 4. The smallest absolute Gasteiger partial charge is 0.132 e. The van der Waals surface area contributed by atoms with Crippen LogP contribution in [0.2, 0.25) is 0 Å². The van der Waals surface area contributed by atoms with Gasteiger partial charge in [-0.2, -0.15) is 5.26 Å². The number of nitrogens with two attached hydrogens (primary N) is 1. The molecule has 0 aliphatic rings. The molecule has 3 rings (SSSR count). The van der Waals surface area contributed by atoms with E-state index in [1.807, 2.05) is 6.07 Å². The van der Waals surface area contributed by atoms with Crippen molar-refractivity contribution in [2.75, 3.05) is 5.73 Å². The Bertz CT molecular complexity index is 800. The lowest BCUT2D eigenvalue weighted by Gasteiger charge is -1.95. The monoisotopic (exact) mass is 269 g/mol. The van der Waals surface area contributed by atoms with Crippen molar-refractivity contribution in [1.82, 2.24) is 4.98 Å². The van der Waals surface area contributed by atoms with E-state index < -0.39 is 0 Å². The predicted molar refractivity (Wildman–Crippen MR) is 74.1 cm³/mol. The van der Waals surface area contributed by atoms with E-state index in [9.17, 15) is 4.39 Å². The molecule has 0 unspecified atom stereocenters. The molecule has 0 fully saturated rings. The fourth-order valence-electron chi connectivity index (χ4n) is 1.88. The van der Waals surface area contributed by atoms with Gasteiger partial charge in [-0.15, -0.1) is 11.3 Å². The van der Waals surface area contributed by atoms with Crippen LogP contribution in [0.25, 0.3) is 20.5 Å². The molecule has 1 aromatic carbocycles. The van der Waals surface area contributed by atoms with Crippen LogP contribution < -0.4 is 5.73 Å². The number of nitriles is 1. The number of benzene rings is 1. The highest BCUT2D eigenvalue weighted by molar-refractivity contribution is 7.22. The SMILES string of the molecule is N#Cc1cnc(N)c2cc(-c3ccc(F)cc3)sc12. The first-order valence-corrected chi connectivity index (χ1v) is 6.35. The fourth-order valence-corrected chi connectivity index (χ4v) is 3.01. The Morgan fingerprint density at radius 1 is 1.26 bits per heavy atom. The number of nitrogens with zero attached hydrogens (tertiary/aromatic N) is 2. The van der Waals surface area contributed by atoms with E-state index >= 15 is 0 Å². The zero-order chi connectivity index (χ0) is 13.4. The molecule has 2 aromatic heterocycles. The number of halogens is 1. The minimum Gasteiger partial charge on any atom is -0.383 e. The first kappa shape index (κ1) is 11.6. The first-order chi connectivity index (χ1) is 9.19. The van der Waals surface area contributed by atoms with E-state index in [4.69, 9.17) is 11.0 Å². The average Bonchev–Trinajstić information content (AvgIpc) is 2.86. The van der Waals surface area contributed by atoms with Crippen molar-refractivity contribution in [3.05, 3.63) is 47.9 Å². The van der Waals surface area contributed by atoms with Gasteiger partial charge in [-0.3, -0.25) is 0 Å². The normalized spacial score (nSPS) is 10.5. The number of anilines is 1. The van der Waals surface area contributed by atoms with Crippen molar-refractivity contribution in [3.8, 4) is 16.5 Å². The minimum absolute atomic E-state index is 0.274. The van der Waals surface area contributed by atoms with Gasteiger partial charge in [0.1, 0.15) is 17.7 Å². The number of hydrogen-bond donors (Lipinski definition) is 1. The van der Waals surface area contributed by atoms with Gasteiger partial charge >= 0.3 is 0 Å². The molecule has 19 heavy (non-hydrogen) atoms. The topological polar surface area (TPSA) is 62.7 Å². The molecule has 3 aromatic rings. The number of rotatable bonds is 1. The molecular weight excluding hydrogens is 261 g/mol. The Morgan fingerprint density at radius 3 is 2.68 bits per heavy atom. The molecule has 0 saturated carbocycles. The summed E-state index contributed by atoms with van der Waals surface area (Å²) in [6.07, 6.45) is 1.47. The predicted octanol–water partition coefficient (Wildman–Crippen LogP) is 3.56. The second-order valence-electron chi connectivity index (χ2n) is 4.03. The standard InChI is InChI=1S/C14H8FN3S/c15-10-3-1-8(2-4-10)12-5-11-13(19-12)9(6-16)7-18-14(11)17/h1-5,7H,(H2,17,18). The summed E-state index contributed by atoms with van der Waals surface area (Å²) in [4.78, 5) is 4.94. The van der Waals surface area contributed by atoms with E-state index in [1.165, 1.54) is 29.7 Å². The summed E-state index contributed by atoms with van der Waals surface area (Å²) in [5, 5.41) is 9.84. The molecule has 0 aliphatic heterocycles. The van der Waals surface area contributed by atoms with Crippen molar-refractivity contribution in [2.24, 2.45) is 0 Å². The molecule has 0 bridgehead atoms. The van der Waals surface area contributed by atoms with Crippen LogP contribution in [0.15, 0.2) is 36.5 Å². The number of aromatic nitrogens is 1. The van der Waals surface area contributed by atoms with E-state index in [2.05, 4.69) is 11.1 Å². The summed E-state index contributed by atoms with van der Waals surface area (Å²) >= 11 is 1.46. The Balaban J connectivity index is 2.24. The molecule has 0 saturated heterocycles. The van der Waals surface area contributed by atoms with Gasteiger partial charge in [0.2, 0.25) is 0 Å². The third-order valence-electron chi connectivity index (χ3n) is 2.83. The maximum absolute atomic E-state index is 12.9. The molecule has 0 aliphatic carbocycles. The van der Waals surface area contributed by atoms with Crippen molar-refractivity contribution in [2.45, 2.75) is 0 Å². The van der Waals surface area contributed by atoms with Crippen LogP contribution in [0.5, 0.6) is 0 Å². The van der Waals surface area contributed by atoms with E-state index in [0.717, 1.165) is 20.5 Å². The highest BCUT2D eigenvalue weighted by Gasteiger charge is 2.11. The minimum atomic E-state index is -0.274. The molecule has 5 heteroatoms. The Kier molecular flexibility index (Phi) is 2.65. The van der Waals surface area contributed by atoms with Crippen molar-refractivity contribution in [1.29, 1.82) is 5.26 Å². The highest BCUT2D eigenvalue weighted by Crippen LogP contribution is 2.37. The van der Waals surface area contributed by atoms with Gasteiger partial charge in [-0.1, -0.05) is 12.1 Å². The van der Waals surface area contributed by atoms with Gasteiger partial charge in [0, 0.05) is 16.5 Å². The fraction of sp³-hybridized carbons (Fsp3) is 0. The van der Waals surface area contributed by atoms with Crippen molar-refractivity contribution < 1.29 is 4.39 Å². The summed E-state index contributed by atoms with van der Waals surface area (Å²) in [5.74, 6) is 0.127. The summed E-state index contributed by atoms with van der Waals surface area (Å²) in [6, 6.07) is 10.2. The third kappa shape index (κ3) is 1.92. The number of pyridine rings is 1. The highest BCUT2D eigenvalue weighted by atomic mass is 32.1. The van der Waals surface area contributed by atoms with E-state index in [0.29, 0.717) is 11.4 Å². The number of thiophene rings is 1. The Morgan fingerprint density at radius 2 is 2.00 bits per heavy atom. The van der Waals surface area contributed by atoms with Crippen LogP contribution in [-0.4, -0.2) is 4.98 Å². The summed E-state index contributed by atoms with van der Waals surface area (Å²) in [5.41, 5.74) is 7.22. The molecule has 2 heterocycles. The molecule has 0 atom stereocenters. The number of fused-ring (bicyclic) bond motifs is 1. The lowest BCUT2D eigenvalue weighted by molar-refractivity contribution is 0.628. The summed E-state index contributed by atoms with van der Waals surface area (Å²) in [6.45, 7) is 0. The van der Waals surface area contributed by atoms with E-state index in [1.54, 1.807) is 12.1 Å². The van der Waals surface area contributed by atoms with Gasteiger partial charge in [0.25, 0.3) is 0 Å². The molecule has 2 N–H and O–H groups in total. The van der Waals surface area contributed by atoms with Gasteiger partial charge in [0.05, 0.1) is 10.3 Å². The van der Waals surface area contributed by atoms with Crippen molar-refractivity contribution in [3.63, 3.8) is 0 Å². The van der Waals surface area contributed by atoms with Crippen LogP contribution in [0.1, 0.15) is 5.56 Å². The quantitative estimate of drug-likeness (QED) is 0.734. The van der Waals surface area contributed by atoms with Crippen LogP contribution in [0, 0.1) is 17.1 Å². The maximum atomic E-state index is 12.9. The van der Waals surface area contributed by atoms with Crippen LogP contribution in [-0.2, 0) is 0 Å². The summed E-state index contributed by atoms with van der Waals surface area (Å²) in [7, 11) is 0. The van der Waals surface area contributed by atoms with Gasteiger partial charge < -0.3 is 5.73 Å². The Hall–Kier alpha value is -2.45. The first-order valence-electron chi connectivity index (χ1n) is 5.53. The third-order valence-corrected chi connectivity index (χ3v) is 4.05. The van der Waals surface area contributed by atoms with Crippen molar-refractivity contribution >= 4 is 27.2 Å². The second kappa shape index (κ2) is 4.34. The molecular formula is C14H8FN3S. The summed E-state index contributed by atoms with van der Waals surface area (Å²) < 4.78 is 13.7. The zero-order valence-corrected chi connectivity index (χ0v) is 10.5. The maximum Gasteiger partial charge on any atom is 0.132 e. The zero-order valence-electron chi connectivity index (χ0n) is 9.72. The molecule has 3 nitrogen and oxygen atoms in total. The molecule has 0 radical (unpaired) electrons. The Labute approximate surface area is 112 Å². The lowest BCUT2D eigenvalue weighted by Crippen LogP contribution is -1.90. The van der Waals surface area contributed by atoms with E-state index in [-0.39, 0.29) is 5.82 Å². The molecule has 0 spiro atoms. The molecule has 92 valence electrons. The average molecular weight is 269 g/mol. The largest absolute Gasteiger partial charge is 0.383 e. The van der Waals surface area contributed by atoms with Gasteiger partial charge in [0.15, 0.2) is 0 Å².